The molecule has 5 nitrogen and oxygen atoms in total. The van der Waals surface area contributed by atoms with Gasteiger partial charge in [0.2, 0.25) is 11.6 Å². The van der Waals surface area contributed by atoms with Crippen molar-refractivity contribution in [1.82, 2.24) is 10.1 Å². The monoisotopic (exact) mass is 339 g/mol. The van der Waals surface area contributed by atoms with E-state index in [9.17, 15) is 0 Å². The molecule has 0 fully saturated rings. The van der Waals surface area contributed by atoms with E-state index in [1.807, 2.05) is 0 Å². The third-order valence-electron chi connectivity index (χ3n) is 2.49. The van der Waals surface area contributed by atoms with Gasteiger partial charge < -0.3 is 14.7 Å². The third kappa shape index (κ3) is 2.24. The molecule has 0 unspecified atom stereocenters. The minimum Gasteiger partial charge on any atom is -0.458 e. The van der Waals surface area contributed by atoms with Crippen LogP contribution in [-0.2, 0) is 0 Å². The zero-order valence-electron chi connectivity index (χ0n) is 9.43. The van der Waals surface area contributed by atoms with E-state index in [1.165, 1.54) is 6.26 Å². The normalized spacial score (nSPS) is 10.8. The highest BCUT2D eigenvalue weighted by atomic mass is 79.9. The van der Waals surface area contributed by atoms with Gasteiger partial charge >= 0.3 is 0 Å². The highest BCUT2D eigenvalue weighted by Crippen LogP contribution is 2.30. The summed E-state index contributed by atoms with van der Waals surface area (Å²) in [4.78, 5) is 4.25. The lowest BCUT2D eigenvalue weighted by atomic mass is 10.2. The standard InChI is InChI=1S/C12H7BrClN3O2/c13-7-3-4-18-10(7)12-16-11(17-19-12)6-1-2-8(14)9(15)5-6/h1-5H,15H2. The summed E-state index contributed by atoms with van der Waals surface area (Å²) >= 11 is 9.20. The maximum Gasteiger partial charge on any atom is 0.295 e. The summed E-state index contributed by atoms with van der Waals surface area (Å²) in [5.41, 5.74) is 6.92. The first-order chi connectivity index (χ1) is 9.15. The molecule has 0 amide bonds. The minimum atomic E-state index is 0.292. The Morgan fingerprint density at radius 1 is 1.26 bits per heavy atom. The Hall–Kier alpha value is -1.79. The highest BCUT2D eigenvalue weighted by molar-refractivity contribution is 9.10. The van der Waals surface area contributed by atoms with Crippen LogP contribution in [0.3, 0.4) is 0 Å². The van der Waals surface area contributed by atoms with E-state index in [2.05, 4.69) is 26.1 Å². The second kappa shape index (κ2) is 4.71. The Bertz CT molecular complexity index is 738. The summed E-state index contributed by atoms with van der Waals surface area (Å²) in [5, 5.41) is 4.38. The summed E-state index contributed by atoms with van der Waals surface area (Å²) in [7, 11) is 0. The molecule has 19 heavy (non-hydrogen) atoms. The summed E-state index contributed by atoms with van der Waals surface area (Å²) in [6.07, 6.45) is 1.53. The first kappa shape index (κ1) is 12.3. The van der Waals surface area contributed by atoms with Gasteiger partial charge in [-0.1, -0.05) is 16.8 Å². The fourth-order valence-electron chi connectivity index (χ4n) is 1.56. The number of nitrogens with two attached hydrogens (primary N) is 1. The Balaban J connectivity index is 2.01. The molecule has 0 aliphatic rings. The maximum absolute atomic E-state index is 5.86. The van der Waals surface area contributed by atoms with E-state index in [4.69, 9.17) is 26.3 Å². The molecular formula is C12H7BrClN3O2. The molecule has 1 aromatic carbocycles. The van der Waals surface area contributed by atoms with Crippen LogP contribution in [0.25, 0.3) is 23.0 Å². The Labute approximate surface area is 121 Å². The molecule has 3 rings (SSSR count). The first-order valence-electron chi connectivity index (χ1n) is 5.27. The van der Waals surface area contributed by atoms with Crippen LogP contribution in [0, 0.1) is 0 Å². The van der Waals surface area contributed by atoms with E-state index >= 15 is 0 Å². The first-order valence-corrected chi connectivity index (χ1v) is 6.44. The number of anilines is 1. The lowest BCUT2D eigenvalue weighted by Crippen LogP contribution is -1.88. The summed E-state index contributed by atoms with van der Waals surface area (Å²) < 4.78 is 11.2. The molecule has 0 atom stereocenters. The predicted molar refractivity (Wildman–Crippen MR) is 74.6 cm³/mol. The number of nitrogens with zero attached hydrogens (tertiary/aromatic N) is 2. The van der Waals surface area contributed by atoms with E-state index in [0.717, 1.165) is 10.0 Å². The van der Waals surface area contributed by atoms with E-state index in [0.29, 0.717) is 28.2 Å². The lowest BCUT2D eigenvalue weighted by Gasteiger charge is -1.98. The molecule has 2 heterocycles. The molecule has 7 heteroatoms. The topological polar surface area (TPSA) is 78.1 Å². The zero-order valence-corrected chi connectivity index (χ0v) is 11.8. The molecule has 0 radical (unpaired) electrons. The molecule has 0 saturated heterocycles. The van der Waals surface area contributed by atoms with Crippen LogP contribution in [0.4, 0.5) is 5.69 Å². The van der Waals surface area contributed by atoms with Crippen LogP contribution in [0.1, 0.15) is 0 Å². The average molecular weight is 341 g/mol. The van der Waals surface area contributed by atoms with E-state index < -0.39 is 0 Å². The fourth-order valence-corrected chi connectivity index (χ4v) is 2.05. The number of hydrogen-bond acceptors (Lipinski definition) is 5. The number of nitrogen functional groups attached to an aromatic ring is 1. The van der Waals surface area contributed by atoms with Crippen LogP contribution in [0.2, 0.25) is 5.02 Å². The van der Waals surface area contributed by atoms with E-state index in [-0.39, 0.29) is 0 Å². The van der Waals surface area contributed by atoms with Gasteiger partial charge in [-0.2, -0.15) is 4.98 Å². The van der Waals surface area contributed by atoms with Crippen molar-refractivity contribution >= 4 is 33.2 Å². The molecule has 0 spiro atoms. The Kier molecular flexibility index (Phi) is 3.04. The quantitative estimate of drug-likeness (QED) is 0.714. The van der Waals surface area contributed by atoms with E-state index in [1.54, 1.807) is 24.3 Å². The van der Waals surface area contributed by atoms with Crippen molar-refractivity contribution in [3.8, 4) is 23.0 Å². The van der Waals surface area contributed by atoms with Crippen molar-refractivity contribution in [2.75, 3.05) is 5.73 Å². The number of aromatic nitrogens is 2. The number of halogens is 2. The second-order valence-corrected chi connectivity index (χ2v) is 5.02. The van der Waals surface area contributed by atoms with Gasteiger partial charge in [-0.05, 0) is 40.2 Å². The Morgan fingerprint density at radius 2 is 2.11 bits per heavy atom. The maximum atomic E-state index is 5.86. The SMILES string of the molecule is Nc1cc(-c2noc(-c3occc3Br)n2)ccc1Cl. The van der Waals surface area contributed by atoms with Gasteiger partial charge in [-0.25, -0.2) is 0 Å². The molecular weight excluding hydrogens is 334 g/mol. The van der Waals surface area contributed by atoms with Gasteiger partial charge in [0.25, 0.3) is 5.89 Å². The molecule has 96 valence electrons. The van der Waals surface area contributed by atoms with Gasteiger partial charge in [0, 0.05) is 5.56 Å². The summed E-state index contributed by atoms with van der Waals surface area (Å²) in [6.45, 7) is 0. The van der Waals surface area contributed by atoms with Crippen LogP contribution in [0.15, 0.2) is 43.9 Å². The van der Waals surface area contributed by atoms with Crippen LogP contribution in [0.5, 0.6) is 0 Å². The number of hydrogen-bond donors (Lipinski definition) is 1. The largest absolute Gasteiger partial charge is 0.458 e. The summed E-state index contributed by atoms with van der Waals surface area (Å²) in [6, 6.07) is 6.89. The lowest BCUT2D eigenvalue weighted by molar-refractivity contribution is 0.416. The fraction of sp³-hybridized carbons (Fsp3) is 0. The highest BCUT2D eigenvalue weighted by Gasteiger charge is 2.16. The van der Waals surface area contributed by atoms with Gasteiger partial charge in [0.15, 0.2) is 0 Å². The van der Waals surface area contributed by atoms with Crippen LogP contribution < -0.4 is 5.73 Å². The van der Waals surface area contributed by atoms with Gasteiger partial charge in [-0.3, -0.25) is 0 Å². The number of benzene rings is 1. The van der Waals surface area contributed by atoms with Gasteiger partial charge in [-0.15, -0.1) is 0 Å². The smallest absolute Gasteiger partial charge is 0.295 e. The number of rotatable bonds is 2. The van der Waals surface area contributed by atoms with Crippen molar-refractivity contribution in [3.63, 3.8) is 0 Å². The average Bonchev–Trinajstić information content (AvgIpc) is 3.01. The molecule has 0 aliphatic carbocycles. The van der Waals surface area contributed by atoms with Crippen LogP contribution in [-0.4, -0.2) is 10.1 Å². The van der Waals surface area contributed by atoms with Crippen molar-refractivity contribution in [2.45, 2.75) is 0 Å². The van der Waals surface area contributed by atoms with Crippen molar-refractivity contribution in [1.29, 1.82) is 0 Å². The molecule has 3 aromatic rings. The Morgan fingerprint density at radius 3 is 2.79 bits per heavy atom. The van der Waals surface area contributed by atoms with Gasteiger partial charge in [0.05, 0.1) is 21.4 Å². The molecule has 0 saturated carbocycles. The van der Waals surface area contributed by atoms with Gasteiger partial charge in [0.1, 0.15) is 0 Å². The summed E-state index contributed by atoms with van der Waals surface area (Å²) in [5.74, 6) is 1.20. The second-order valence-electron chi connectivity index (χ2n) is 3.76. The third-order valence-corrected chi connectivity index (χ3v) is 3.46. The predicted octanol–water partition coefficient (Wildman–Crippen LogP) is 3.99. The molecule has 2 aromatic heterocycles. The van der Waals surface area contributed by atoms with Crippen molar-refractivity contribution in [3.05, 3.63) is 40.0 Å². The minimum absolute atomic E-state index is 0.292. The molecule has 2 N–H and O–H groups in total. The molecule has 0 aliphatic heterocycles. The van der Waals surface area contributed by atoms with Crippen molar-refractivity contribution in [2.24, 2.45) is 0 Å². The molecule has 0 bridgehead atoms. The van der Waals surface area contributed by atoms with Crippen molar-refractivity contribution < 1.29 is 8.94 Å². The number of furan rings is 1. The zero-order chi connectivity index (χ0) is 13.4. The van der Waals surface area contributed by atoms with Crippen LogP contribution >= 0.6 is 27.5 Å².